The average molecular weight is 364 g/mol. The number of amides is 2. The summed E-state index contributed by atoms with van der Waals surface area (Å²) in [6, 6.07) is 6.55. The first kappa shape index (κ1) is 19.5. The molecule has 0 atom stereocenters. The number of carbonyl (C=O) groups is 2. The summed E-state index contributed by atoms with van der Waals surface area (Å²) in [4.78, 5) is 25.8. The van der Waals surface area contributed by atoms with Crippen LogP contribution >= 0.6 is 11.6 Å². The summed E-state index contributed by atoms with van der Waals surface area (Å²) in [5, 5.41) is 10.6. The molecule has 2 rings (SSSR count). The molecule has 0 radical (unpaired) electrons. The molecule has 5 heteroatoms. The van der Waals surface area contributed by atoms with Gasteiger partial charge in [-0.25, -0.2) is 0 Å². The number of aliphatic hydroxyl groups is 1. The number of aliphatic hydroxyl groups excluding tert-OH is 1. The van der Waals surface area contributed by atoms with Gasteiger partial charge < -0.3 is 5.11 Å². The van der Waals surface area contributed by atoms with Gasteiger partial charge in [-0.05, 0) is 24.1 Å². The van der Waals surface area contributed by atoms with E-state index in [2.05, 4.69) is 6.92 Å². The van der Waals surface area contributed by atoms with Crippen molar-refractivity contribution in [3.8, 4) is 0 Å². The van der Waals surface area contributed by atoms with Crippen LogP contribution in [0.3, 0.4) is 0 Å². The average Bonchev–Trinajstić information content (AvgIpc) is 2.81. The van der Waals surface area contributed by atoms with E-state index >= 15 is 0 Å². The van der Waals surface area contributed by atoms with E-state index < -0.39 is 17.6 Å². The Morgan fingerprint density at radius 1 is 0.880 bits per heavy atom. The number of hydrogen-bond acceptors (Lipinski definition) is 3. The Morgan fingerprint density at radius 2 is 1.44 bits per heavy atom. The second-order valence-electron chi connectivity index (χ2n) is 6.47. The first-order valence-corrected chi connectivity index (χ1v) is 9.49. The molecule has 2 amide bonds. The molecule has 1 aromatic rings. The number of carbonyl (C=O) groups excluding carboxylic acids is 2. The fourth-order valence-corrected chi connectivity index (χ4v) is 3.17. The number of hydrogen-bond donors (Lipinski definition) is 1. The van der Waals surface area contributed by atoms with Gasteiger partial charge in [0.25, 0.3) is 11.8 Å². The van der Waals surface area contributed by atoms with Crippen LogP contribution in [0.2, 0.25) is 5.02 Å². The molecule has 1 aromatic carbocycles. The molecule has 4 nitrogen and oxygen atoms in total. The third-order valence-corrected chi connectivity index (χ3v) is 4.76. The third kappa shape index (κ3) is 5.08. The summed E-state index contributed by atoms with van der Waals surface area (Å²) in [5.74, 6) is -1.49. The SMILES string of the molecule is CCCCCCCCCCN1C(=O)C(O)=C(c2ccc(Cl)cc2)C1=O. The monoisotopic (exact) mass is 363 g/mol. The lowest BCUT2D eigenvalue weighted by molar-refractivity contribution is -0.138. The van der Waals surface area contributed by atoms with Crippen molar-refractivity contribution in [3.05, 3.63) is 40.6 Å². The molecule has 136 valence electrons. The second kappa shape index (κ2) is 9.62. The molecule has 1 aliphatic heterocycles. The molecule has 1 aliphatic rings. The van der Waals surface area contributed by atoms with Crippen molar-refractivity contribution in [1.29, 1.82) is 0 Å². The maximum absolute atomic E-state index is 12.5. The van der Waals surface area contributed by atoms with Crippen LogP contribution in [0.25, 0.3) is 5.57 Å². The highest BCUT2D eigenvalue weighted by Gasteiger charge is 2.38. The minimum atomic E-state index is -0.599. The number of benzene rings is 1. The first-order valence-electron chi connectivity index (χ1n) is 9.11. The Balaban J connectivity index is 1.83. The van der Waals surface area contributed by atoms with E-state index in [0.717, 1.165) is 24.2 Å². The van der Waals surface area contributed by atoms with E-state index in [1.54, 1.807) is 24.3 Å². The van der Waals surface area contributed by atoms with Gasteiger partial charge in [-0.15, -0.1) is 0 Å². The first-order chi connectivity index (χ1) is 12.1. The largest absolute Gasteiger partial charge is 0.502 e. The van der Waals surface area contributed by atoms with Gasteiger partial charge in [0, 0.05) is 11.6 Å². The van der Waals surface area contributed by atoms with Gasteiger partial charge in [-0.3, -0.25) is 14.5 Å². The van der Waals surface area contributed by atoms with Gasteiger partial charge in [0.15, 0.2) is 5.76 Å². The molecule has 0 bridgehead atoms. The van der Waals surface area contributed by atoms with Crippen LogP contribution in [0.15, 0.2) is 30.0 Å². The van der Waals surface area contributed by atoms with E-state index in [1.165, 1.54) is 32.1 Å². The summed E-state index contributed by atoms with van der Waals surface area (Å²) in [6.45, 7) is 2.56. The molecule has 0 spiro atoms. The van der Waals surface area contributed by atoms with Crippen molar-refractivity contribution in [1.82, 2.24) is 4.90 Å². The Bertz CT molecular complexity index is 637. The van der Waals surface area contributed by atoms with Crippen LogP contribution in [0.5, 0.6) is 0 Å². The van der Waals surface area contributed by atoms with E-state index in [1.807, 2.05) is 0 Å². The van der Waals surface area contributed by atoms with Crippen LogP contribution in [0, 0.1) is 0 Å². The summed E-state index contributed by atoms with van der Waals surface area (Å²) >= 11 is 5.85. The van der Waals surface area contributed by atoms with Gasteiger partial charge in [0.2, 0.25) is 0 Å². The standard InChI is InChI=1S/C20H26ClNO3/c1-2-3-4-5-6-7-8-9-14-22-19(24)17(18(23)20(22)25)15-10-12-16(21)13-11-15/h10-13,23H,2-9,14H2,1H3. The minimum Gasteiger partial charge on any atom is -0.502 e. The molecule has 0 unspecified atom stereocenters. The molecular formula is C20H26ClNO3. The van der Waals surface area contributed by atoms with Crippen LogP contribution in [0.4, 0.5) is 0 Å². The zero-order valence-electron chi connectivity index (χ0n) is 14.8. The van der Waals surface area contributed by atoms with Crippen molar-refractivity contribution in [3.63, 3.8) is 0 Å². The van der Waals surface area contributed by atoms with Gasteiger partial charge in [0.05, 0.1) is 5.57 Å². The number of nitrogens with zero attached hydrogens (tertiary/aromatic N) is 1. The zero-order valence-corrected chi connectivity index (χ0v) is 15.5. The van der Waals surface area contributed by atoms with Gasteiger partial charge in [-0.2, -0.15) is 0 Å². The van der Waals surface area contributed by atoms with Crippen molar-refractivity contribution in [2.24, 2.45) is 0 Å². The van der Waals surface area contributed by atoms with Crippen LogP contribution in [-0.4, -0.2) is 28.4 Å². The van der Waals surface area contributed by atoms with Crippen LogP contribution in [0.1, 0.15) is 63.9 Å². The summed E-state index contributed by atoms with van der Waals surface area (Å²) < 4.78 is 0. The Hall–Kier alpha value is -1.81. The van der Waals surface area contributed by atoms with Crippen LogP contribution in [-0.2, 0) is 9.59 Å². The molecule has 0 saturated carbocycles. The third-order valence-electron chi connectivity index (χ3n) is 4.51. The van der Waals surface area contributed by atoms with Crippen molar-refractivity contribution in [2.75, 3.05) is 6.54 Å². The van der Waals surface area contributed by atoms with Crippen molar-refractivity contribution >= 4 is 29.0 Å². The predicted octanol–water partition coefficient (Wildman–Crippen LogP) is 5.12. The number of rotatable bonds is 10. The molecule has 0 aliphatic carbocycles. The van der Waals surface area contributed by atoms with Crippen LogP contribution < -0.4 is 0 Å². The summed E-state index contributed by atoms with van der Waals surface area (Å²) in [6.07, 6.45) is 9.12. The molecule has 0 saturated heterocycles. The summed E-state index contributed by atoms with van der Waals surface area (Å²) in [5.41, 5.74) is 0.583. The fraction of sp³-hybridized carbons (Fsp3) is 0.500. The highest BCUT2D eigenvalue weighted by Crippen LogP contribution is 2.29. The maximum atomic E-state index is 12.5. The van der Waals surface area contributed by atoms with E-state index in [4.69, 9.17) is 11.6 Å². The molecule has 0 fully saturated rings. The Kier molecular flexibility index (Phi) is 7.51. The van der Waals surface area contributed by atoms with Gasteiger partial charge in [-0.1, -0.05) is 75.6 Å². The Morgan fingerprint density at radius 3 is 2.04 bits per heavy atom. The predicted molar refractivity (Wildman–Crippen MR) is 100 cm³/mol. The molecule has 1 heterocycles. The number of halogens is 1. The second-order valence-corrected chi connectivity index (χ2v) is 6.90. The highest BCUT2D eigenvalue weighted by molar-refractivity contribution is 6.35. The number of unbranched alkanes of at least 4 members (excludes halogenated alkanes) is 7. The van der Waals surface area contributed by atoms with Gasteiger partial charge in [0.1, 0.15) is 0 Å². The topological polar surface area (TPSA) is 57.6 Å². The van der Waals surface area contributed by atoms with Crippen molar-refractivity contribution < 1.29 is 14.7 Å². The smallest absolute Gasteiger partial charge is 0.296 e. The fourth-order valence-electron chi connectivity index (χ4n) is 3.05. The quantitative estimate of drug-likeness (QED) is 0.463. The highest BCUT2D eigenvalue weighted by atomic mass is 35.5. The minimum absolute atomic E-state index is 0.0706. The zero-order chi connectivity index (χ0) is 18.2. The lowest BCUT2D eigenvalue weighted by Crippen LogP contribution is -2.32. The van der Waals surface area contributed by atoms with E-state index in [0.29, 0.717) is 17.1 Å². The molecule has 25 heavy (non-hydrogen) atoms. The maximum Gasteiger partial charge on any atom is 0.296 e. The Labute approximate surface area is 154 Å². The normalized spacial score (nSPS) is 14.7. The molecule has 1 N–H and O–H groups in total. The molecule has 0 aromatic heterocycles. The lowest BCUT2D eigenvalue weighted by Gasteiger charge is -2.14. The van der Waals surface area contributed by atoms with E-state index in [-0.39, 0.29) is 5.57 Å². The van der Waals surface area contributed by atoms with Gasteiger partial charge >= 0.3 is 0 Å². The number of imide groups is 1. The lowest BCUT2D eigenvalue weighted by atomic mass is 10.1. The molecular weight excluding hydrogens is 338 g/mol. The summed E-state index contributed by atoms with van der Waals surface area (Å²) in [7, 11) is 0. The van der Waals surface area contributed by atoms with E-state index in [9.17, 15) is 14.7 Å². The van der Waals surface area contributed by atoms with Crippen molar-refractivity contribution in [2.45, 2.75) is 58.3 Å².